The van der Waals surface area contributed by atoms with Crippen molar-refractivity contribution in [3.63, 3.8) is 0 Å². The van der Waals surface area contributed by atoms with Crippen LogP contribution in [-0.2, 0) is 6.54 Å². The minimum Gasteiger partial charge on any atom is -0.312 e. The summed E-state index contributed by atoms with van der Waals surface area (Å²) in [4.78, 5) is 6.81. The largest absolute Gasteiger partial charge is 0.312 e. The van der Waals surface area contributed by atoms with Crippen LogP contribution in [0.25, 0.3) is 10.6 Å². The van der Waals surface area contributed by atoms with Gasteiger partial charge in [-0.15, -0.1) is 29.3 Å². The molecule has 2 heterocycles. The van der Waals surface area contributed by atoms with Crippen LogP contribution in [0.2, 0.25) is 10.0 Å². The molecule has 0 spiro atoms. The maximum absolute atomic E-state index is 6.06. The summed E-state index contributed by atoms with van der Waals surface area (Å²) in [6.45, 7) is 4.54. The Kier molecular flexibility index (Phi) is 4.84. The van der Waals surface area contributed by atoms with Gasteiger partial charge in [-0.3, -0.25) is 0 Å². The highest BCUT2D eigenvalue weighted by Crippen LogP contribution is 2.28. The fourth-order valence-electron chi connectivity index (χ4n) is 2.01. The summed E-state index contributed by atoms with van der Waals surface area (Å²) in [6.07, 6.45) is 1.87. The molecule has 22 heavy (non-hydrogen) atoms. The Hall–Kier alpha value is -1.33. The average Bonchev–Trinajstić information content (AvgIpc) is 3.14. The quantitative estimate of drug-likeness (QED) is 0.503. The van der Waals surface area contributed by atoms with Crippen molar-refractivity contribution in [3.8, 4) is 10.6 Å². The summed E-state index contributed by atoms with van der Waals surface area (Å²) in [5.74, 6) is 0. The van der Waals surface area contributed by atoms with Gasteiger partial charge < -0.3 is 4.57 Å². The van der Waals surface area contributed by atoms with Crippen LogP contribution in [0.5, 0.6) is 0 Å². The third-order valence-corrected chi connectivity index (χ3v) is 5.51. The van der Waals surface area contributed by atoms with Crippen molar-refractivity contribution in [1.29, 1.82) is 0 Å². The van der Waals surface area contributed by atoms with Crippen molar-refractivity contribution in [3.05, 3.63) is 68.6 Å². The van der Waals surface area contributed by atoms with E-state index in [0.29, 0.717) is 16.6 Å². The minimum atomic E-state index is 0.508. The minimum absolute atomic E-state index is 0.508. The number of allylic oxidation sites excluding steroid dienone is 1. The highest BCUT2D eigenvalue weighted by molar-refractivity contribution is 7.14. The molecule has 6 heteroatoms. The summed E-state index contributed by atoms with van der Waals surface area (Å²) in [6, 6.07) is 9.54. The number of halogens is 2. The lowest BCUT2D eigenvalue weighted by Gasteiger charge is -2.04. The van der Waals surface area contributed by atoms with Crippen LogP contribution >= 0.6 is 45.9 Å². The number of aromatic nitrogens is 1. The number of nitrogens with zero attached hydrogens (tertiary/aromatic N) is 2. The van der Waals surface area contributed by atoms with E-state index in [-0.39, 0.29) is 0 Å². The van der Waals surface area contributed by atoms with E-state index in [0.717, 1.165) is 16.2 Å². The van der Waals surface area contributed by atoms with Crippen molar-refractivity contribution >= 4 is 51.6 Å². The Bertz CT molecular complexity index is 861. The molecule has 0 aliphatic carbocycles. The van der Waals surface area contributed by atoms with Crippen LogP contribution in [0.4, 0.5) is 5.69 Å². The van der Waals surface area contributed by atoms with Gasteiger partial charge >= 0.3 is 0 Å². The zero-order valence-electron chi connectivity index (χ0n) is 11.5. The molecule has 3 rings (SSSR count). The van der Waals surface area contributed by atoms with Gasteiger partial charge in [0, 0.05) is 11.9 Å². The van der Waals surface area contributed by atoms with Crippen LogP contribution in [0, 0.1) is 0 Å². The lowest BCUT2D eigenvalue weighted by Crippen LogP contribution is -2.14. The van der Waals surface area contributed by atoms with Gasteiger partial charge in [0.05, 0.1) is 26.3 Å². The summed E-state index contributed by atoms with van der Waals surface area (Å²) < 4.78 is 2.14. The SMILES string of the molecule is C=CCn1c(-c2cccs2)csc1=Nc1ccc(Cl)c(Cl)c1. The van der Waals surface area contributed by atoms with Gasteiger partial charge in [0.1, 0.15) is 0 Å². The molecule has 0 amide bonds. The first kappa shape index (κ1) is 15.6. The third-order valence-electron chi connectivity index (χ3n) is 3.01. The lowest BCUT2D eigenvalue weighted by atomic mass is 10.3. The first-order valence-electron chi connectivity index (χ1n) is 6.52. The van der Waals surface area contributed by atoms with E-state index < -0.39 is 0 Å². The summed E-state index contributed by atoms with van der Waals surface area (Å²) >= 11 is 15.3. The molecule has 0 aliphatic rings. The molecule has 0 atom stereocenters. The summed E-state index contributed by atoms with van der Waals surface area (Å²) in [5.41, 5.74) is 1.94. The van der Waals surface area contributed by atoms with E-state index in [2.05, 4.69) is 33.0 Å². The van der Waals surface area contributed by atoms with Crippen LogP contribution in [0.3, 0.4) is 0 Å². The molecule has 0 saturated heterocycles. The molecule has 0 saturated carbocycles. The fourth-order valence-corrected chi connectivity index (χ4v) is 4.06. The van der Waals surface area contributed by atoms with Crippen LogP contribution in [0.15, 0.2) is 58.7 Å². The average molecular weight is 367 g/mol. The van der Waals surface area contributed by atoms with Crippen molar-refractivity contribution in [1.82, 2.24) is 4.57 Å². The second kappa shape index (κ2) is 6.84. The topological polar surface area (TPSA) is 17.3 Å². The predicted molar refractivity (Wildman–Crippen MR) is 97.5 cm³/mol. The monoisotopic (exact) mass is 366 g/mol. The van der Waals surface area contributed by atoms with E-state index >= 15 is 0 Å². The van der Waals surface area contributed by atoms with Crippen molar-refractivity contribution < 1.29 is 0 Å². The number of hydrogen-bond acceptors (Lipinski definition) is 3. The molecule has 0 N–H and O–H groups in total. The standard InChI is InChI=1S/C16H12Cl2N2S2/c1-2-7-20-14(15-4-3-8-21-15)10-22-16(20)19-11-5-6-12(17)13(18)9-11/h2-6,8-10H,1,7H2. The zero-order chi connectivity index (χ0) is 15.5. The number of rotatable bonds is 4. The van der Waals surface area contributed by atoms with Crippen molar-refractivity contribution in [2.75, 3.05) is 0 Å². The number of thiophene rings is 1. The van der Waals surface area contributed by atoms with Gasteiger partial charge in [0.25, 0.3) is 0 Å². The maximum atomic E-state index is 6.06. The van der Waals surface area contributed by atoms with Gasteiger partial charge in [0.15, 0.2) is 4.80 Å². The molecular formula is C16H12Cl2N2S2. The predicted octanol–water partition coefficient (Wildman–Crippen LogP) is 6.00. The summed E-state index contributed by atoms with van der Waals surface area (Å²) in [7, 11) is 0. The normalized spacial score (nSPS) is 11.8. The molecule has 1 aromatic carbocycles. The van der Waals surface area contributed by atoms with Crippen LogP contribution in [0.1, 0.15) is 0 Å². The van der Waals surface area contributed by atoms with E-state index in [9.17, 15) is 0 Å². The van der Waals surface area contributed by atoms with Crippen LogP contribution in [-0.4, -0.2) is 4.57 Å². The van der Waals surface area contributed by atoms with E-state index in [1.165, 1.54) is 4.88 Å². The molecule has 0 radical (unpaired) electrons. The molecule has 0 fully saturated rings. The van der Waals surface area contributed by atoms with E-state index in [1.807, 2.05) is 18.2 Å². The smallest absolute Gasteiger partial charge is 0.190 e. The first-order valence-corrected chi connectivity index (χ1v) is 9.03. The van der Waals surface area contributed by atoms with Gasteiger partial charge in [0.2, 0.25) is 0 Å². The molecule has 2 nitrogen and oxygen atoms in total. The molecule has 0 bridgehead atoms. The first-order chi connectivity index (χ1) is 10.7. The third kappa shape index (κ3) is 3.20. The Balaban J connectivity index is 2.12. The molecule has 3 aromatic rings. The Morgan fingerprint density at radius 2 is 2.05 bits per heavy atom. The molecular weight excluding hydrogens is 355 g/mol. The zero-order valence-corrected chi connectivity index (χ0v) is 14.6. The Morgan fingerprint density at radius 1 is 1.18 bits per heavy atom. The Labute approximate surface area is 146 Å². The molecule has 112 valence electrons. The second-order valence-corrected chi connectivity index (χ2v) is 7.09. The highest BCUT2D eigenvalue weighted by atomic mass is 35.5. The fraction of sp³-hybridized carbons (Fsp3) is 0.0625. The van der Waals surface area contributed by atoms with Gasteiger partial charge in [-0.05, 0) is 29.6 Å². The molecule has 0 unspecified atom stereocenters. The molecule has 2 aromatic heterocycles. The molecule has 0 aliphatic heterocycles. The maximum Gasteiger partial charge on any atom is 0.190 e. The second-order valence-electron chi connectivity index (χ2n) is 4.49. The van der Waals surface area contributed by atoms with Gasteiger partial charge in [-0.2, -0.15) is 0 Å². The highest BCUT2D eigenvalue weighted by Gasteiger charge is 2.08. The summed E-state index contributed by atoms with van der Waals surface area (Å²) in [5, 5.41) is 5.23. The van der Waals surface area contributed by atoms with E-state index in [4.69, 9.17) is 23.2 Å². The lowest BCUT2D eigenvalue weighted by molar-refractivity contribution is 0.802. The van der Waals surface area contributed by atoms with Crippen molar-refractivity contribution in [2.24, 2.45) is 4.99 Å². The number of benzene rings is 1. The van der Waals surface area contributed by atoms with E-state index in [1.54, 1.807) is 34.8 Å². The van der Waals surface area contributed by atoms with Crippen LogP contribution < -0.4 is 4.80 Å². The van der Waals surface area contributed by atoms with Gasteiger partial charge in [-0.1, -0.05) is 35.3 Å². The number of thiazole rings is 1. The Morgan fingerprint density at radius 3 is 2.73 bits per heavy atom. The van der Waals surface area contributed by atoms with Crippen molar-refractivity contribution in [2.45, 2.75) is 6.54 Å². The number of hydrogen-bond donors (Lipinski definition) is 0. The van der Waals surface area contributed by atoms with Gasteiger partial charge in [-0.25, -0.2) is 4.99 Å².